The highest BCUT2D eigenvalue weighted by Crippen LogP contribution is 2.08. The third-order valence-corrected chi connectivity index (χ3v) is 3.71. The van der Waals surface area contributed by atoms with Crippen LogP contribution in [0.25, 0.3) is 11.5 Å². The number of fused-ring (bicyclic) bond motifs is 1. The molecular formula is C17H17N7. The summed E-state index contributed by atoms with van der Waals surface area (Å²) in [5, 5.41) is 16.0. The predicted molar refractivity (Wildman–Crippen MR) is 91.3 cm³/mol. The van der Waals surface area contributed by atoms with Crippen LogP contribution in [0.5, 0.6) is 0 Å². The van der Waals surface area contributed by atoms with E-state index in [1.165, 1.54) is 0 Å². The zero-order chi connectivity index (χ0) is 16.4. The minimum atomic E-state index is 0.703. The van der Waals surface area contributed by atoms with Crippen molar-refractivity contribution in [2.24, 2.45) is 0 Å². The highest BCUT2D eigenvalue weighted by Gasteiger charge is 2.03. The van der Waals surface area contributed by atoms with E-state index in [2.05, 4.69) is 25.6 Å². The van der Waals surface area contributed by atoms with Gasteiger partial charge in [0, 0.05) is 31.6 Å². The molecule has 0 saturated carbocycles. The minimum absolute atomic E-state index is 0.703. The maximum Gasteiger partial charge on any atom is 0.175 e. The van der Waals surface area contributed by atoms with Crippen molar-refractivity contribution >= 4 is 11.5 Å². The fourth-order valence-electron chi connectivity index (χ4n) is 2.51. The molecule has 1 N–H and O–H groups in total. The summed E-state index contributed by atoms with van der Waals surface area (Å²) >= 11 is 0. The molecule has 0 fully saturated rings. The monoisotopic (exact) mass is 319 g/mol. The molecule has 120 valence electrons. The molecule has 0 amide bonds. The summed E-state index contributed by atoms with van der Waals surface area (Å²) in [7, 11) is 0. The van der Waals surface area contributed by atoms with Crippen molar-refractivity contribution in [3.63, 3.8) is 0 Å². The van der Waals surface area contributed by atoms with E-state index in [0.717, 1.165) is 35.8 Å². The summed E-state index contributed by atoms with van der Waals surface area (Å²) in [4.78, 5) is 4.58. The van der Waals surface area contributed by atoms with Gasteiger partial charge in [-0.15, -0.1) is 10.2 Å². The van der Waals surface area contributed by atoms with Gasteiger partial charge in [-0.25, -0.2) is 9.67 Å². The Kier molecular flexibility index (Phi) is 3.66. The molecule has 0 aromatic carbocycles. The fraction of sp³-hybridized carbons (Fsp3) is 0.176. The smallest absolute Gasteiger partial charge is 0.175 e. The lowest BCUT2D eigenvalue weighted by molar-refractivity contribution is 0.803. The molecular weight excluding hydrogens is 302 g/mol. The third-order valence-electron chi connectivity index (χ3n) is 3.71. The summed E-state index contributed by atoms with van der Waals surface area (Å²) in [6.07, 6.45) is 6.74. The van der Waals surface area contributed by atoms with Gasteiger partial charge < -0.3 is 9.72 Å². The minimum Gasteiger partial charge on any atom is -0.368 e. The molecule has 0 spiro atoms. The van der Waals surface area contributed by atoms with E-state index in [9.17, 15) is 0 Å². The Hall–Kier alpha value is -3.22. The molecule has 4 aromatic heterocycles. The van der Waals surface area contributed by atoms with E-state index in [1.54, 1.807) is 4.68 Å². The van der Waals surface area contributed by atoms with Crippen molar-refractivity contribution in [3.05, 3.63) is 66.4 Å². The lowest BCUT2D eigenvalue weighted by Crippen LogP contribution is -2.08. The van der Waals surface area contributed by atoms with Crippen molar-refractivity contribution in [1.82, 2.24) is 29.4 Å². The van der Waals surface area contributed by atoms with Crippen molar-refractivity contribution in [1.29, 1.82) is 0 Å². The van der Waals surface area contributed by atoms with Crippen LogP contribution in [-0.4, -0.2) is 35.9 Å². The number of aromatic nitrogens is 6. The Balaban J connectivity index is 1.37. The maximum absolute atomic E-state index is 4.58. The number of nitrogens with zero attached hydrogens (tertiary/aromatic N) is 6. The first kappa shape index (κ1) is 14.4. The van der Waals surface area contributed by atoms with Gasteiger partial charge in [-0.05, 0) is 37.3 Å². The molecule has 0 radical (unpaired) electrons. The van der Waals surface area contributed by atoms with Crippen LogP contribution in [0, 0.1) is 6.92 Å². The zero-order valence-corrected chi connectivity index (χ0v) is 13.3. The summed E-state index contributed by atoms with van der Waals surface area (Å²) in [5.41, 5.74) is 2.96. The Morgan fingerprint density at radius 2 is 2.00 bits per heavy atom. The van der Waals surface area contributed by atoms with Crippen molar-refractivity contribution < 1.29 is 0 Å². The van der Waals surface area contributed by atoms with E-state index < -0.39 is 0 Å². The van der Waals surface area contributed by atoms with Gasteiger partial charge in [0.05, 0.1) is 11.4 Å². The first-order chi connectivity index (χ1) is 11.8. The number of imidazole rings is 1. The Morgan fingerprint density at radius 1 is 1.04 bits per heavy atom. The van der Waals surface area contributed by atoms with Crippen LogP contribution >= 0.6 is 0 Å². The van der Waals surface area contributed by atoms with Gasteiger partial charge in [0.1, 0.15) is 11.5 Å². The van der Waals surface area contributed by atoms with Crippen LogP contribution < -0.4 is 5.32 Å². The molecule has 0 bridgehead atoms. The number of anilines is 1. The number of rotatable bonds is 5. The van der Waals surface area contributed by atoms with Crippen LogP contribution in [0.2, 0.25) is 0 Å². The Labute approximate surface area is 139 Å². The molecule has 7 nitrogen and oxygen atoms in total. The molecule has 7 heteroatoms. The van der Waals surface area contributed by atoms with Crippen LogP contribution in [0.3, 0.4) is 0 Å². The van der Waals surface area contributed by atoms with Crippen molar-refractivity contribution in [2.45, 2.75) is 13.3 Å². The first-order valence-corrected chi connectivity index (χ1v) is 7.81. The topological polar surface area (TPSA) is 72.9 Å². The fourth-order valence-corrected chi connectivity index (χ4v) is 2.51. The summed E-state index contributed by atoms with van der Waals surface area (Å²) in [6, 6.07) is 11.7. The normalized spacial score (nSPS) is 11.0. The second-order valence-electron chi connectivity index (χ2n) is 5.55. The summed E-state index contributed by atoms with van der Waals surface area (Å²) in [6.45, 7) is 2.69. The molecule has 24 heavy (non-hydrogen) atoms. The van der Waals surface area contributed by atoms with Gasteiger partial charge >= 0.3 is 0 Å². The number of hydrogen-bond acceptors (Lipinski definition) is 5. The van der Waals surface area contributed by atoms with Gasteiger partial charge in [-0.1, -0.05) is 6.07 Å². The highest BCUT2D eigenvalue weighted by atomic mass is 15.3. The standard InChI is InChI=1S/C17H17N7/c1-13-8-11-24(22-13)17-6-5-15(20-21-17)18-9-7-14-12-23-10-3-2-4-16(23)19-14/h2-6,8,10-12H,7,9H2,1H3,(H,18,20). The molecule has 0 saturated heterocycles. The van der Waals surface area contributed by atoms with Crippen LogP contribution in [0.4, 0.5) is 5.82 Å². The van der Waals surface area contributed by atoms with E-state index in [0.29, 0.717) is 5.82 Å². The lowest BCUT2D eigenvalue weighted by Gasteiger charge is -2.04. The highest BCUT2D eigenvalue weighted by molar-refractivity contribution is 5.40. The zero-order valence-electron chi connectivity index (χ0n) is 13.3. The molecule has 0 aliphatic carbocycles. The quantitative estimate of drug-likeness (QED) is 0.611. The molecule has 4 rings (SSSR count). The van der Waals surface area contributed by atoms with Crippen molar-refractivity contribution in [3.8, 4) is 5.82 Å². The first-order valence-electron chi connectivity index (χ1n) is 7.81. The average Bonchev–Trinajstić information content (AvgIpc) is 3.21. The van der Waals surface area contributed by atoms with Gasteiger partial charge in [-0.3, -0.25) is 0 Å². The molecule has 0 atom stereocenters. The molecule has 4 heterocycles. The van der Waals surface area contributed by atoms with Crippen molar-refractivity contribution in [2.75, 3.05) is 11.9 Å². The molecule has 0 aliphatic rings. The van der Waals surface area contributed by atoms with E-state index in [4.69, 9.17) is 0 Å². The number of hydrogen-bond donors (Lipinski definition) is 1. The van der Waals surface area contributed by atoms with Gasteiger partial charge in [0.2, 0.25) is 0 Å². The molecule has 0 unspecified atom stereocenters. The number of nitrogens with one attached hydrogen (secondary N) is 1. The predicted octanol–water partition coefficient (Wildman–Crippen LogP) is 2.27. The summed E-state index contributed by atoms with van der Waals surface area (Å²) < 4.78 is 3.73. The van der Waals surface area contributed by atoms with Gasteiger partial charge in [0.25, 0.3) is 0 Å². The SMILES string of the molecule is Cc1ccn(-c2ccc(NCCc3cn4ccccc4n3)nn2)n1. The third kappa shape index (κ3) is 2.96. The van der Waals surface area contributed by atoms with Crippen LogP contribution in [0.1, 0.15) is 11.4 Å². The second kappa shape index (κ2) is 6.11. The second-order valence-corrected chi connectivity index (χ2v) is 5.55. The van der Waals surface area contributed by atoms with Gasteiger partial charge in [-0.2, -0.15) is 5.10 Å². The lowest BCUT2D eigenvalue weighted by atomic mass is 10.3. The van der Waals surface area contributed by atoms with E-state index in [1.807, 2.05) is 66.3 Å². The molecule has 0 aliphatic heterocycles. The Morgan fingerprint density at radius 3 is 2.75 bits per heavy atom. The molecule has 4 aromatic rings. The number of aryl methyl sites for hydroxylation is 1. The number of pyridine rings is 1. The van der Waals surface area contributed by atoms with Gasteiger partial charge in [0.15, 0.2) is 5.82 Å². The van der Waals surface area contributed by atoms with Crippen LogP contribution in [0.15, 0.2) is 55.0 Å². The average molecular weight is 319 g/mol. The largest absolute Gasteiger partial charge is 0.368 e. The van der Waals surface area contributed by atoms with Crippen LogP contribution in [-0.2, 0) is 6.42 Å². The van der Waals surface area contributed by atoms with E-state index in [-0.39, 0.29) is 0 Å². The summed E-state index contributed by atoms with van der Waals surface area (Å²) in [5.74, 6) is 1.44. The maximum atomic E-state index is 4.58. The van der Waals surface area contributed by atoms with E-state index >= 15 is 0 Å². The Bertz CT molecular complexity index is 919.